The van der Waals surface area contributed by atoms with Crippen molar-refractivity contribution >= 4 is 23.7 Å². The van der Waals surface area contributed by atoms with Gasteiger partial charge in [0.2, 0.25) is 0 Å². The molecule has 118 valence electrons. The molecule has 1 aliphatic heterocycles. The maximum Gasteiger partial charge on any atom is 0.340 e. The van der Waals surface area contributed by atoms with Gasteiger partial charge in [0, 0.05) is 13.1 Å². The van der Waals surface area contributed by atoms with E-state index in [9.17, 15) is 18.8 Å². The van der Waals surface area contributed by atoms with Gasteiger partial charge in [-0.15, -0.1) is 0 Å². The lowest BCUT2D eigenvalue weighted by molar-refractivity contribution is -0.141. The third-order valence-corrected chi connectivity index (χ3v) is 3.47. The van der Waals surface area contributed by atoms with E-state index in [4.69, 9.17) is 5.11 Å². The molecular weight excluding hydrogens is 295 g/mol. The molecule has 1 aromatic carbocycles. The van der Waals surface area contributed by atoms with Gasteiger partial charge in [-0.1, -0.05) is 6.07 Å². The number of hydrogen-bond acceptors (Lipinski definition) is 4. The van der Waals surface area contributed by atoms with Gasteiger partial charge in [-0.2, -0.15) is 0 Å². The van der Waals surface area contributed by atoms with E-state index in [0.29, 0.717) is 6.42 Å². The topological polar surface area (TPSA) is 95.9 Å². The Balaban J connectivity index is 2.10. The maximum absolute atomic E-state index is 14.1. The minimum atomic E-state index is -0.964. The summed E-state index contributed by atoms with van der Waals surface area (Å²) in [4.78, 5) is 35.6. The predicted molar refractivity (Wildman–Crippen MR) is 74.1 cm³/mol. The van der Waals surface area contributed by atoms with Crippen LogP contribution in [0.1, 0.15) is 16.8 Å². The minimum Gasteiger partial charge on any atom is -0.481 e. The van der Waals surface area contributed by atoms with Crippen LogP contribution in [0.25, 0.3) is 0 Å². The largest absolute Gasteiger partial charge is 0.481 e. The average Bonchev–Trinajstić information content (AvgIpc) is 2.99. The van der Waals surface area contributed by atoms with E-state index in [1.807, 2.05) is 0 Å². The van der Waals surface area contributed by atoms with Crippen LogP contribution >= 0.6 is 0 Å². The first-order valence-electron chi connectivity index (χ1n) is 6.59. The normalized spacial score (nSPS) is 17.2. The second kappa shape index (κ2) is 6.42. The molecule has 1 aromatic rings. The lowest BCUT2D eigenvalue weighted by atomic mass is 10.1. The number of methoxy groups -OCH3 is 1. The number of hydrogen-bond donors (Lipinski definition) is 2. The van der Waals surface area contributed by atoms with E-state index in [2.05, 4.69) is 10.1 Å². The fourth-order valence-electron chi connectivity index (χ4n) is 2.24. The Morgan fingerprint density at radius 2 is 2.14 bits per heavy atom. The molecule has 1 heterocycles. The number of amides is 2. The number of urea groups is 1. The molecule has 2 rings (SSSR count). The molecule has 1 fully saturated rings. The van der Waals surface area contributed by atoms with E-state index in [1.54, 1.807) is 0 Å². The zero-order valence-electron chi connectivity index (χ0n) is 11.8. The molecule has 0 radical (unpaired) electrons. The molecule has 22 heavy (non-hydrogen) atoms. The first-order valence-corrected chi connectivity index (χ1v) is 6.59. The average molecular weight is 310 g/mol. The van der Waals surface area contributed by atoms with Gasteiger partial charge in [0.05, 0.1) is 24.3 Å². The highest BCUT2D eigenvalue weighted by molar-refractivity contribution is 5.94. The molecule has 0 spiro atoms. The van der Waals surface area contributed by atoms with Crippen molar-refractivity contribution in [2.75, 3.05) is 25.5 Å². The van der Waals surface area contributed by atoms with Crippen LogP contribution in [0, 0.1) is 11.7 Å². The molecule has 7 nitrogen and oxygen atoms in total. The Morgan fingerprint density at radius 3 is 2.73 bits per heavy atom. The molecule has 0 aromatic heterocycles. The highest BCUT2D eigenvalue weighted by Crippen LogP contribution is 2.21. The third kappa shape index (κ3) is 3.16. The number of carbonyl (C=O) groups is 3. The number of halogens is 1. The predicted octanol–water partition coefficient (Wildman–Crippen LogP) is 1.55. The fraction of sp³-hybridized carbons (Fsp3) is 0.357. The molecule has 1 unspecified atom stereocenters. The third-order valence-electron chi connectivity index (χ3n) is 3.47. The number of anilines is 1. The first kappa shape index (κ1) is 15.7. The van der Waals surface area contributed by atoms with Crippen molar-refractivity contribution in [2.45, 2.75) is 6.42 Å². The summed E-state index contributed by atoms with van der Waals surface area (Å²) in [6.07, 6.45) is 0.355. The number of rotatable bonds is 3. The van der Waals surface area contributed by atoms with Crippen molar-refractivity contribution in [1.29, 1.82) is 0 Å². The molecule has 1 aliphatic rings. The number of benzene rings is 1. The standard InChI is InChI=1S/C14H15FN2O5/c1-22-13(20)9-3-2-4-10(11(9)15)16-14(21)17-6-5-8(7-17)12(18)19/h2-4,8H,5-7H2,1H3,(H,16,21)(H,18,19). The second-order valence-electron chi connectivity index (χ2n) is 4.86. The Bertz CT molecular complexity index is 619. The van der Waals surface area contributed by atoms with Crippen molar-refractivity contribution in [3.63, 3.8) is 0 Å². The molecule has 2 N–H and O–H groups in total. The van der Waals surface area contributed by atoms with Crippen LogP contribution in [0.4, 0.5) is 14.9 Å². The number of ether oxygens (including phenoxy) is 1. The van der Waals surface area contributed by atoms with Gasteiger partial charge in [0.1, 0.15) is 0 Å². The van der Waals surface area contributed by atoms with E-state index in [0.717, 1.165) is 7.11 Å². The number of aliphatic carboxylic acids is 1. The maximum atomic E-state index is 14.1. The van der Waals surface area contributed by atoms with Crippen molar-refractivity contribution in [3.8, 4) is 0 Å². The number of carbonyl (C=O) groups excluding carboxylic acids is 2. The first-order chi connectivity index (χ1) is 10.4. The summed E-state index contributed by atoms with van der Waals surface area (Å²) in [7, 11) is 1.13. The van der Waals surface area contributed by atoms with Gasteiger partial charge in [0.15, 0.2) is 5.82 Å². The van der Waals surface area contributed by atoms with Crippen LogP contribution in [0.3, 0.4) is 0 Å². The monoisotopic (exact) mass is 310 g/mol. The van der Waals surface area contributed by atoms with Gasteiger partial charge in [0.25, 0.3) is 0 Å². The molecule has 0 aliphatic carbocycles. The summed E-state index contributed by atoms with van der Waals surface area (Å²) in [5, 5.41) is 11.2. The SMILES string of the molecule is COC(=O)c1cccc(NC(=O)N2CCC(C(=O)O)C2)c1F. The molecule has 8 heteroatoms. The van der Waals surface area contributed by atoms with Crippen LogP contribution in [0.5, 0.6) is 0 Å². The summed E-state index contributed by atoms with van der Waals surface area (Å²) in [6.45, 7) is 0.348. The highest BCUT2D eigenvalue weighted by Gasteiger charge is 2.31. The van der Waals surface area contributed by atoms with Gasteiger partial charge in [-0.25, -0.2) is 14.0 Å². The summed E-state index contributed by atoms with van der Waals surface area (Å²) in [5.41, 5.74) is -0.447. The number of esters is 1. The van der Waals surface area contributed by atoms with Crippen LogP contribution in [-0.2, 0) is 9.53 Å². The van der Waals surface area contributed by atoms with E-state index in [1.165, 1.54) is 23.1 Å². The second-order valence-corrected chi connectivity index (χ2v) is 4.86. The van der Waals surface area contributed by atoms with Gasteiger partial charge in [-0.3, -0.25) is 4.79 Å². The number of nitrogens with one attached hydrogen (secondary N) is 1. The summed E-state index contributed by atoms with van der Waals surface area (Å²) in [5.74, 6) is -3.32. The number of likely N-dealkylation sites (tertiary alicyclic amines) is 1. The summed E-state index contributed by atoms with van der Waals surface area (Å²) in [6, 6.07) is 3.36. The van der Waals surface area contributed by atoms with Crippen LogP contribution in [0.15, 0.2) is 18.2 Å². The minimum absolute atomic E-state index is 0.0689. The van der Waals surface area contributed by atoms with Crippen LogP contribution in [0.2, 0.25) is 0 Å². The number of carboxylic acids is 1. The molecule has 1 saturated heterocycles. The number of nitrogens with zero attached hydrogens (tertiary/aromatic N) is 1. The van der Waals surface area contributed by atoms with Gasteiger partial charge < -0.3 is 20.1 Å². The smallest absolute Gasteiger partial charge is 0.340 e. The van der Waals surface area contributed by atoms with E-state index >= 15 is 0 Å². The lowest BCUT2D eigenvalue weighted by Gasteiger charge is -2.17. The highest BCUT2D eigenvalue weighted by atomic mass is 19.1. The molecular formula is C14H15FN2O5. The summed E-state index contributed by atoms with van der Waals surface area (Å²) >= 11 is 0. The van der Waals surface area contributed by atoms with Crippen molar-refractivity contribution < 1.29 is 28.6 Å². The van der Waals surface area contributed by atoms with Crippen molar-refractivity contribution in [2.24, 2.45) is 5.92 Å². The van der Waals surface area contributed by atoms with E-state index < -0.39 is 29.7 Å². The zero-order valence-corrected chi connectivity index (χ0v) is 11.8. The Morgan fingerprint density at radius 1 is 1.41 bits per heavy atom. The Kier molecular flexibility index (Phi) is 4.59. The van der Waals surface area contributed by atoms with Crippen molar-refractivity contribution in [3.05, 3.63) is 29.6 Å². The fourth-order valence-corrected chi connectivity index (χ4v) is 2.24. The molecule has 0 bridgehead atoms. The Labute approximate surface area is 125 Å². The van der Waals surface area contributed by atoms with E-state index in [-0.39, 0.29) is 24.3 Å². The van der Waals surface area contributed by atoms with Crippen LogP contribution in [-0.4, -0.2) is 48.2 Å². The quantitative estimate of drug-likeness (QED) is 0.826. The molecule has 1 atom stereocenters. The Hall–Kier alpha value is -2.64. The van der Waals surface area contributed by atoms with Crippen LogP contribution < -0.4 is 5.32 Å². The van der Waals surface area contributed by atoms with Gasteiger partial charge in [-0.05, 0) is 18.6 Å². The molecule has 0 saturated carbocycles. The lowest BCUT2D eigenvalue weighted by Crippen LogP contribution is -2.34. The zero-order chi connectivity index (χ0) is 16.3. The van der Waals surface area contributed by atoms with Crippen molar-refractivity contribution in [1.82, 2.24) is 4.90 Å². The summed E-state index contributed by atoms with van der Waals surface area (Å²) < 4.78 is 18.6. The number of carboxylic acid groups (broad SMARTS) is 1. The molecule has 2 amide bonds. The van der Waals surface area contributed by atoms with Gasteiger partial charge >= 0.3 is 18.0 Å².